The van der Waals surface area contributed by atoms with Crippen molar-refractivity contribution in [2.75, 3.05) is 23.9 Å². The van der Waals surface area contributed by atoms with E-state index in [0.29, 0.717) is 12.3 Å². The van der Waals surface area contributed by atoms with Crippen LogP contribution in [0.3, 0.4) is 0 Å². The van der Waals surface area contributed by atoms with Gasteiger partial charge < -0.3 is 15.4 Å². The Balaban J connectivity index is 2.38. The molecule has 7 heteroatoms. The molecule has 0 fully saturated rings. The Morgan fingerprint density at radius 3 is 2.81 bits per heavy atom. The van der Waals surface area contributed by atoms with Gasteiger partial charge in [-0.2, -0.15) is 0 Å². The number of hydrogen-bond donors (Lipinski definition) is 1. The fraction of sp³-hybridized carbons (Fsp3) is 0.444. The normalized spacial score (nSPS) is 12.1. The lowest BCUT2D eigenvalue weighted by atomic mass is 10.4. The molecule has 0 bridgehead atoms. The second-order valence-corrected chi connectivity index (χ2v) is 4.77. The lowest BCUT2D eigenvalue weighted by molar-refractivity contribution is -0.389. The van der Waals surface area contributed by atoms with Crippen molar-refractivity contribution >= 4 is 22.3 Å². The minimum Gasteiger partial charge on any atom is -0.382 e. The minimum absolute atomic E-state index is 0.166. The Bertz CT molecular complexity index is 380. The van der Waals surface area contributed by atoms with Gasteiger partial charge in [-0.15, -0.1) is 0 Å². The van der Waals surface area contributed by atoms with Crippen molar-refractivity contribution in [2.24, 2.45) is 0 Å². The fourth-order valence-corrected chi connectivity index (χ4v) is 1.66. The molecule has 0 aliphatic heterocycles. The van der Waals surface area contributed by atoms with E-state index in [4.69, 9.17) is 0 Å². The van der Waals surface area contributed by atoms with E-state index in [9.17, 15) is 14.3 Å². The van der Waals surface area contributed by atoms with E-state index in [1.54, 1.807) is 12.3 Å². The Labute approximate surface area is 95.7 Å². The van der Waals surface area contributed by atoms with Crippen molar-refractivity contribution in [3.63, 3.8) is 0 Å². The summed E-state index contributed by atoms with van der Waals surface area (Å²) in [6.45, 7) is 0.680. The standard InChI is InChI=1S/C9H13N3O3S/c1-16(15)6-2-5-10-8-3-4-9(11-7-8)12(13)14/h3-4,7,10H,2,5-6H2,1H3. The molecule has 1 N–H and O–H groups in total. The van der Waals surface area contributed by atoms with Crippen molar-refractivity contribution in [2.45, 2.75) is 6.42 Å². The van der Waals surface area contributed by atoms with Gasteiger partial charge >= 0.3 is 5.82 Å². The molecule has 1 aromatic rings. The number of nitrogens with one attached hydrogen (secondary N) is 1. The van der Waals surface area contributed by atoms with Crippen molar-refractivity contribution in [1.82, 2.24) is 4.98 Å². The predicted molar refractivity (Wildman–Crippen MR) is 62.9 cm³/mol. The SMILES string of the molecule is CS(=O)CCCNc1ccc([N+](=O)[O-])nc1. The maximum absolute atomic E-state index is 10.8. The third kappa shape index (κ3) is 4.35. The van der Waals surface area contributed by atoms with E-state index < -0.39 is 15.7 Å². The van der Waals surface area contributed by atoms with Crippen molar-refractivity contribution in [3.8, 4) is 0 Å². The summed E-state index contributed by atoms with van der Waals surface area (Å²) < 4.78 is 10.8. The van der Waals surface area contributed by atoms with E-state index in [-0.39, 0.29) is 5.82 Å². The molecule has 0 radical (unpaired) electrons. The second kappa shape index (κ2) is 6.16. The molecule has 6 nitrogen and oxygen atoms in total. The van der Waals surface area contributed by atoms with Crippen LogP contribution in [0.4, 0.5) is 11.5 Å². The number of nitrogens with zero attached hydrogens (tertiary/aromatic N) is 2. The molecule has 0 aliphatic carbocycles. The topological polar surface area (TPSA) is 85.1 Å². The minimum atomic E-state index is -0.778. The van der Waals surface area contributed by atoms with Crippen LogP contribution in [0.15, 0.2) is 18.3 Å². The number of aromatic nitrogens is 1. The average molecular weight is 243 g/mol. The smallest absolute Gasteiger partial charge is 0.363 e. The Kier molecular flexibility index (Phi) is 4.84. The van der Waals surface area contributed by atoms with Gasteiger partial charge in [-0.25, -0.2) is 0 Å². The molecule has 1 rings (SSSR count). The number of hydrogen-bond acceptors (Lipinski definition) is 5. The summed E-state index contributed by atoms with van der Waals surface area (Å²) >= 11 is 0. The van der Waals surface area contributed by atoms with Gasteiger partial charge in [0.05, 0.1) is 5.69 Å². The van der Waals surface area contributed by atoms with Crippen LogP contribution in [0.25, 0.3) is 0 Å². The van der Waals surface area contributed by atoms with Gasteiger partial charge in [0.1, 0.15) is 0 Å². The molecule has 88 valence electrons. The van der Waals surface area contributed by atoms with E-state index >= 15 is 0 Å². The lowest BCUT2D eigenvalue weighted by Crippen LogP contribution is -2.06. The highest BCUT2D eigenvalue weighted by Gasteiger charge is 2.05. The van der Waals surface area contributed by atoms with Crippen LogP contribution in [0.2, 0.25) is 0 Å². The summed E-state index contributed by atoms with van der Waals surface area (Å²) in [6.07, 6.45) is 3.87. The van der Waals surface area contributed by atoms with Gasteiger partial charge in [0, 0.05) is 35.4 Å². The molecule has 1 aromatic heterocycles. The highest BCUT2D eigenvalue weighted by molar-refractivity contribution is 7.84. The van der Waals surface area contributed by atoms with Crippen molar-refractivity contribution in [3.05, 3.63) is 28.4 Å². The van der Waals surface area contributed by atoms with Gasteiger partial charge in [-0.1, -0.05) is 0 Å². The first-order valence-electron chi connectivity index (χ1n) is 4.74. The number of pyridine rings is 1. The Hall–Kier alpha value is -1.50. The zero-order valence-electron chi connectivity index (χ0n) is 8.88. The monoisotopic (exact) mass is 243 g/mol. The molecule has 0 aliphatic rings. The number of anilines is 1. The first-order chi connectivity index (χ1) is 7.59. The van der Waals surface area contributed by atoms with E-state index in [1.165, 1.54) is 12.3 Å². The Morgan fingerprint density at radius 1 is 1.56 bits per heavy atom. The molecular formula is C9H13N3O3S. The summed E-state index contributed by atoms with van der Waals surface area (Å²) in [6, 6.07) is 2.95. The Morgan fingerprint density at radius 2 is 2.31 bits per heavy atom. The highest BCUT2D eigenvalue weighted by Crippen LogP contribution is 2.11. The van der Waals surface area contributed by atoms with Crippen molar-refractivity contribution in [1.29, 1.82) is 0 Å². The van der Waals surface area contributed by atoms with Crippen LogP contribution >= 0.6 is 0 Å². The van der Waals surface area contributed by atoms with Crippen LogP contribution in [0.1, 0.15) is 6.42 Å². The van der Waals surface area contributed by atoms with Crippen LogP contribution in [-0.2, 0) is 10.8 Å². The molecule has 1 heterocycles. The maximum Gasteiger partial charge on any atom is 0.363 e. The number of nitro groups is 1. The summed E-state index contributed by atoms with van der Waals surface area (Å²) in [5, 5.41) is 13.4. The van der Waals surface area contributed by atoms with E-state index in [2.05, 4.69) is 10.3 Å². The lowest BCUT2D eigenvalue weighted by Gasteiger charge is -2.03. The largest absolute Gasteiger partial charge is 0.382 e. The third-order valence-corrected chi connectivity index (χ3v) is 2.74. The van der Waals surface area contributed by atoms with Crippen LogP contribution < -0.4 is 5.32 Å². The molecule has 1 atom stereocenters. The molecule has 0 saturated carbocycles. The van der Waals surface area contributed by atoms with Gasteiger partial charge in [-0.3, -0.25) is 4.21 Å². The van der Waals surface area contributed by atoms with Crippen LogP contribution in [0.5, 0.6) is 0 Å². The summed E-state index contributed by atoms with van der Waals surface area (Å²) in [5.41, 5.74) is 0.729. The van der Waals surface area contributed by atoms with Crippen LogP contribution in [0, 0.1) is 10.1 Å². The first kappa shape index (κ1) is 12.6. The molecule has 0 amide bonds. The third-order valence-electron chi connectivity index (χ3n) is 1.87. The molecule has 0 spiro atoms. The molecular weight excluding hydrogens is 230 g/mol. The van der Waals surface area contributed by atoms with E-state index in [1.807, 2.05) is 0 Å². The zero-order valence-corrected chi connectivity index (χ0v) is 9.70. The predicted octanol–water partition coefficient (Wildman–Crippen LogP) is 1.17. The van der Waals surface area contributed by atoms with Gasteiger partial charge in [0.25, 0.3) is 0 Å². The maximum atomic E-state index is 10.8. The van der Waals surface area contributed by atoms with Gasteiger partial charge in [0.15, 0.2) is 6.20 Å². The summed E-state index contributed by atoms with van der Waals surface area (Å²) in [5.74, 6) is 0.480. The quantitative estimate of drug-likeness (QED) is 0.460. The first-order valence-corrected chi connectivity index (χ1v) is 6.46. The van der Waals surface area contributed by atoms with Crippen LogP contribution in [-0.4, -0.2) is 32.7 Å². The summed E-state index contributed by atoms with van der Waals surface area (Å²) in [4.78, 5) is 13.5. The molecule has 0 aromatic carbocycles. The van der Waals surface area contributed by atoms with Gasteiger partial charge in [0.2, 0.25) is 0 Å². The summed E-state index contributed by atoms with van der Waals surface area (Å²) in [7, 11) is -0.778. The van der Waals surface area contributed by atoms with Crippen molar-refractivity contribution < 1.29 is 9.13 Å². The molecule has 16 heavy (non-hydrogen) atoms. The zero-order chi connectivity index (χ0) is 12.0. The second-order valence-electron chi connectivity index (χ2n) is 3.22. The highest BCUT2D eigenvalue weighted by atomic mass is 32.2. The fourth-order valence-electron chi connectivity index (χ4n) is 1.11. The van der Waals surface area contributed by atoms with E-state index in [0.717, 1.165) is 12.1 Å². The number of rotatable bonds is 6. The molecule has 1 unspecified atom stereocenters. The average Bonchev–Trinajstić information content (AvgIpc) is 2.25. The molecule has 0 saturated heterocycles. The van der Waals surface area contributed by atoms with Gasteiger partial charge in [-0.05, 0) is 22.4 Å².